The monoisotopic (exact) mass is 270 g/mol. The number of rotatable bonds is 2. The minimum atomic E-state index is -4.68. The Labute approximate surface area is 106 Å². The van der Waals surface area contributed by atoms with Crippen LogP contribution < -0.4 is 5.32 Å². The SMILES string of the molecule is Cn1cc(C(=O)Nc2cccnc2)c(C(F)(F)F)n1. The molecule has 2 heterocycles. The Morgan fingerprint density at radius 1 is 1.42 bits per heavy atom. The van der Waals surface area contributed by atoms with E-state index in [9.17, 15) is 18.0 Å². The van der Waals surface area contributed by atoms with Crippen LogP contribution in [0, 0.1) is 0 Å². The van der Waals surface area contributed by atoms with Gasteiger partial charge in [0, 0.05) is 19.4 Å². The van der Waals surface area contributed by atoms with Crippen molar-refractivity contribution in [2.45, 2.75) is 6.18 Å². The third-order valence-electron chi connectivity index (χ3n) is 2.26. The second kappa shape index (κ2) is 4.71. The average molecular weight is 270 g/mol. The molecule has 1 N–H and O–H groups in total. The first-order chi connectivity index (χ1) is 8.88. The van der Waals surface area contributed by atoms with Crippen molar-refractivity contribution in [2.75, 3.05) is 5.32 Å². The van der Waals surface area contributed by atoms with Crippen LogP contribution in [-0.2, 0) is 13.2 Å². The van der Waals surface area contributed by atoms with Gasteiger partial charge in [-0.1, -0.05) is 0 Å². The minimum Gasteiger partial charge on any atom is -0.320 e. The van der Waals surface area contributed by atoms with Gasteiger partial charge in [-0.25, -0.2) is 0 Å². The van der Waals surface area contributed by atoms with Gasteiger partial charge in [0.25, 0.3) is 5.91 Å². The number of aryl methyl sites for hydroxylation is 1. The van der Waals surface area contributed by atoms with Crippen LogP contribution in [0.25, 0.3) is 0 Å². The summed E-state index contributed by atoms with van der Waals surface area (Å²) in [5, 5.41) is 5.59. The summed E-state index contributed by atoms with van der Waals surface area (Å²) in [6.07, 6.45) is -0.834. The predicted octanol–water partition coefficient (Wildman–Crippen LogP) is 2.09. The third-order valence-corrected chi connectivity index (χ3v) is 2.26. The summed E-state index contributed by atoms with van der Waals surface area (Å²) < 4.78 is 39.0. The molecule has 0 aliphatic heterocycles. The summed E-state index contributed by atoms with van der Waals surface area (Å²) in [6, 6.07) is 3.08. The maximum Gasteiger partial charge on any atom is 0.435 e. The first-order valence-electron chi connectivity index (χ1n) is 5.20. The van der Waals surface area contributed by atoms with Crippen LogP contribution in [0.1, 0.15) is 16.1 Å². The lowest BCUT2D eigenvalue weighted by molar-refractivity contribution is -0.141. The number of amides is 1. The smallest absolute Gasteiger partial charge is 0.320 e. The van der Waals surface area contributed by atoms with Crippen molar-refractivity contribution in [3.05, 3.63) is 42.0 Å². The highest BCUT2D eigenvalue weighted by atomic mass is 19.4. The number of pyridine rings is 1. The molecule has 19 heavy (non-hydrogen) atoms. The number of carbonyl (C=O) groups is 1. The zero-order valence-corrected chi connectivity index (χ0v) is 9.77. The highest BCUT2D eigenvalue weighted by Gasteiger charge is 2.38. The van der Waals surface area contributed by atoms with Crippen molar-refractivity contribution in [1.29, 1.82) is 0 Å². The molecular formula is C11H9F3N4O. The highest BCUT2D eigenvalue weighted by Crippen LogP contribution is 2.30. The largest absolute Gasteiger partial charge is 0.435 e. The standard InChI is InChI=1S/C11H9F3N4O/c1-18-6-8(9(17-18)11(12,13)14)10(19)16-7-3-2-4-15-5-7/h2-6H,1H3,(H,16,19). The molecule has 2 aromatic rings. The van der Waals surface area contributed by atoms with Crippen LogP contribution in [0.2, 0.25) is 0 Å². The molecule has 0 aromatic carbocycles. The first-order valence-corrected chi connectivity index (χ1v) is 5.20. The number of nitrogens with zero attached hydrogens (tertiary/aromatic N) is 3. The van der Waals surface area contributed by atoms with E-state index in [2.05, 4.69) is 15.4 Å². The van der Waals surface area contributed by atoms with Crippen molar-refractivity contribution >= 4 is 11.6 Å². The molecule has 100 valence electrons. The molecule has 5 nitrogen and oxygen atoms in total. The van der Waals surface area contributed by atoms with Gasteiger partial charge >= 0.3 is 6.18 Å². The topological polar surface area (TPSA) is 59.8 Å². The Bertz CT molecular complexity index is 592. The Kier molecular flexibility index (Phi) is 3.24. The first kappa shape index (κ1) is 13.1. The van der Waals surface area contributed by atoms with Gasteiger partial charge in [-0.3, -0.25) is 14.5 Å². The second-order valence-corrected chi connectivity index (χ2v) is 3.76. The fraction of sp³-hybridized carbons (Fsp3) is 0.182. The Hall–Kier alpha value is -2.38. The number of nitrogens with one attached hydrogen (secondary N) is 1. The van der Waals surface area contributed by atoms with Crippen LogP contribution in [0.5, 0.6) is 0 Å². The van der Waals surface area contributed by atoms with Crippen molar-refractivity contribution in [3.63, 3.8) is 0 Å². The lowest BCUT2D eigenvalue weighted by Crippen LogP contribution is -2.17. The normalized spacial score (nSPS) is 11.4. The van der Waals surface area contributed by atoms with E-state index < -0.39 is 23.3 Å². The van der Waals surface area contributed by atoms with Gasteiger partial charge in [-0.05, 0) is 12.1 Å². The number of halogens is 3. The van der Waals surface area contributed by atoms with Gasteiger partial charge < -0.3 is 5.32 Å². The molecule has 0 radical (unpaired) electrons. The van der Waals surface area contributed by atoms with E-state index >= 15 is 0 Å². The molecule has 0 aliphatic rings. The molecule has 0 aliphatic carbocycles. The van der Waals surface area contributed by atoms with Crippen molar-refractivity contribution in [2.24, 2.45) is 7.05 Å². The lowest BCUT2D eigenvalue weighted by Gasteiger charge is -2.06. The van der Waals surface area contributed by atoms with Gasteiger partial charge in [0.1, 0.15) is 0 Å². The highest BCUT2D eigenvalue weighted by molar-refractivity contribution is 6.04. The van der Waals surface area contributed by atoms with E-state index in [4.69, 9.17) is 0 Å². The molecule has 0 saturated carbocycles. The maximum absolute atomic E-state index is 12.7. The number of aromatic nitrogens is 3. The molecule has 0 fully saturated rings. The molecular weight excluding hydrogens is 261 g/mol. The summed E-state index contributed by atoms with van der Waals surface area (Å²) in [6.45, 7) is 0. The van der Waals surface area contributed by atoms with E-state index in [1.807, 2.05) is 0 Å². The molecule has 0 atom stereocenters. The summed E-state index contributed by atoms with van der Waals surface area (Å²) >= 11 is 0. The van der Waals surface area contributed by atoms with Gasteiger partial charge in [-0.15, -0.1) is 0 Å². The lowest BCUT2D eigenvalue weighted by atomic mass is 10.2. The fourth-order valence-electron chi connectivity index (χ4n) is 1.50. The number of anilines is 1. The molecule has 2 rings (SSSR count). The van der Waals surface area contributed by atoms with E-state index in [-0.39, 0.29) is 0 Å². The van der Waals surface area contributed by atoms with E-state index in [0.717, 1.165) is 10.9 Å². The van der Waals surface area contributed by atoms with Gasteiger partial charge in [0.2, 0.25) is 0 Å². The summed E-state index contributed by atoms with van der Waals surface area (Å²) in [7, 11) is 1.32. The quantitative estimate of drug-likeness (QED) is 0.909. The molecule has 0 bridgehead atoms. The van der Waals surface area contributed by atoms with E-state index in [1.165, 1.54) is 25.5 Å². The summed E-state index contributed by atoms with van der Waals surface area (Å²) in [5.74, 6) is -0.881. The third kappa shape index (κ3) is 2.90. The molecule has 0 spiro atoms. The summed E-state index contributed by atoms with van der Waals surface area (Å²) in [4.78, 5) is 15.6. The van der Waals surface area contributed by atoms with Crippen molar-refractivity contribution < 1.29 is 18.0 Å². The van der Waals surface area contributed by atoms with Crippen LogP contribution >= 0.6 is 0 Å². The number of hydrogen-bond donors (Lipinski definition) is 1. The van der Waals surface area contributed by atoms with Gasteiger partial charge in [-0.2, -0.15) is 18.3 Å². The Morgan fingerprint density at radius 3 is 2.74 bits per heavy atom. The van der Waals surface area contributed by atoms with Gasteiger partial charge in [0.05, 0.1) is 17.4 Å². The summed E-state index contributed by atoms with van der Waals surface area (Å²) in [5.41, 5.74) is -1.43. The van der Waals surface area contributed by atoms with Crippen LogP contribution in [0.3, 0.4) is 0 Å². The Morgan fingerprint density at radius 2 is 2.16 bits per heavy atom. The second-order valence-electron chi connectivity index (χ2n) is 3.76. The fourth-order valence-corrected chi connectivity index (χ4v) is 1.50. The number of alkyl halides is 3. The zero-order valence-electron chi connectivity index (χ0n) is 9.77. The Balaban J connectivity index is 2.30. The molecule has 1 amide bonds. The van der Waals surface area contributed by atoms with Crippen LogP contribution in [-0.4, -0.2) is 20.7 Å². The average Bonchev–Trinajstić information content (AvgIpc) is 2.72. The predicted molar refractivity (Wildman–Crippen MR) is 60.4 cm³/mol. The molecule has 8 heteroatoms. The van der Waals surface area contributed by atoms with Crippen LogP contribution in [0.15, 0.2) is 30.7 Å². The molecule has 0 saturated heterocycles. The zero-order chi connectivity index (χ0) is 14.0. The van der Waals surface area contributed by atoms with E-state index in [1.54, 1.807) is 6.07 Å². The molecule has 2 aromatic heterocycles. The number of hydrogen-bond acceptors (Lipinski definition) is 3. The van der Waals surface area contributed by atoms with E-state index in [0.29, 0.717) is 5.69 Å². The minimum absolute atomic E-state index is 0.310. The maximum atomic E-state index is 12.7. The number of carbonyl (C=O) groups excluding carboxylic acids is 1. The molecule has 0 unspecified atom stereocenters. The van der Waals surface area contributed by atoms with Crippen molar-refractivity contribution in [3.8, 4) is 0 Å². The van der Waals surface area contributed by atoms with Crippen LogP contribution in [0.4, 0.5) is 18.9 Å². The van der Waals surface area contributed by atoms with Gasteiger partial charge in [0.15, 0.2) is 5.69 Å². The van der Waals surface area contributed by atoms with Crippen molar-refractivity contribution in [1.82, 2.24) is 14.8 Å².